The Labute approximate surface area is 266 Å². The molecular weight excluding hydrogens is 611 g/mol. The summed E-state index contributed by atoms with van der Waals surface area (Å²) in [4.78, 5) is 58.1. The van der Waals surface area contributed by atoms with Crippen molar-refractivity contribution in [1.82, 2.24) is 4.98 Å². The van der Waals surface area contributed by atoms with Crippen LogP contribution in [0.4, 0.5) is 11.4 Å². The van der Waals surface area contributed by atoms with E-state index < -0.39 is 0 Å². The smallest absolute Gasteiger partial charge is 0.305 e. The Morgan fingerprint density at radius 1 is 0.933 bits per heavy atom. The number of methoxy groups -OCH3 is 1. The van der Waals surface area contributed by atoms with Gasteiger partial charge in [0.2, 0.25) is 11.8 Å². The lowest BCUT2D eigenvalue weighted by atomic mass is 9.68. The Bertz CT molecular complexity index is 1880. The van der Waals surface area contributed by atoms with E-state index >= 15 is 0 Å². The molecule has 3 fully saturated rings. The van der Waals surface area contributed by atoms with E-state index in [0.29, 0.717) is 22.9 Å². The second-order valence-electron chi connectivity index (χ2n) is 11.9. The number of hydrogen-bond acceptors (Lipinski definition) is 8. The molecule has 0 radical (unpaired) electrons. The van der Waals surface area contributed by atoms with E-state index in [9.17, 15) is 19.2 Å². The second kappa shape index (κ2) is 10.9. The third kappa shape index (κ3) is 4.51. The van der Waals surface area contributed by atoms with Crippen LogP contribution in [0.25, 0.3) is 0 Å². The molecular formula is C34H29N3O6S2. The first-order chi connectivity index (χ1) is 21.9. The zero-order chi connectivity index (χ0) is 30.8. The van der Waals surface area contributed by atoms with Crippen molar-refractivity contribution in [3.05, 3.63) is 99.0 Å². The summed E-state index contributed by atoms with van der Waals surface area (Å²) in [5, 5.41) is 3.73. The maximum atomic E-state index is 13.9. The number of aromatic nitrogens is 1. The van der Waals surface area contributed by atoms with Gasteiger partial charge in [-0.15, -0.1) is 11.8 Å². The molecule has 4 aromatic rings. The number of fused-ring (bicyclic) bond motifs is 9. The average molecular weight is 640 g/mol. The molecule has 2 aliphatic carbocycles. The Kier molecular flexibility index (Phi) is 6.83. The summed E-state index contributed by atoms with van der Waals surface area (Å²) < 4.78 is 11.6. The van der Waals surface area contributed by atoms with Crippen molar-refractivity contribution in [2.24, 2.45) is 29.6 Å². The Morgan fingerprint density at radius 3 is 2.38 bits per heavy atom. The number of imide groups is 1. The van der Waals surface area contributed by atoms with Crippen molar-refractivity contribution in [3.8, 4) is 11.5 Å². The first-order valence-corrected chi connectivity index (χ1v) is 16.6. The van der Waals surface area contributed by atoms with E-state index in [-0.39, 0.29) is 70.0 Å². The molecule has 3 heterocycles. The predicted molar refractivity (Wildman–Crippen MR) is 171 cm³/mol. The zero-order valence-electron chi connectivity index (χ0n) is 24.2. The molecule has 8 rings (SSSR count). The van der Waals surface area contributed by atoms with Crippen LogP contribution in [0.15, 0.2) is 88.7 Å². The van der Waals surface area contributed by atoms with Gasteiger partial charge in [0.05, 0.1) is 29.7 Å². The number of benzene rings is 3. The number of hydrogen-bond donors (Lipinski definition) is 2. The fourth-order valence-electron chi connectivity index (χ4n) is 8.08. The number of nitrogens with one attached hydrogen (secondary N) is 2. The van der Waals surface area contributed by atoms with Gasteiger partial charge in [-0.05, 0) is 66.1 Å². The zero-order valence-corrected chi connectivity index (χ0v) is 25.8. The highest BCUT2D eigenvalue weighted by atomic mass is 32.2. The SMILES string of the molecule is COc1cc([C@H]2c3sc(=O)[nH]c3SC3C2[C@H]2C[C@@H]3C3C(=O)N(c4ccccc4)C(=O)C32)ccc1OCC(=O)Nc1ccccc1. The van der Waals surface area contributed by atoms with Gasteiger partial charge in [-0.25, -0.2) is 0 Å². The summed E-state index contributed by atoms with van der Waals surface area (Å²) in [5.41, 5.74) is 2.25. The minimum Gasteiger partial charge on any atom is -0.493 e. The van der Waals surface area contributed by atoms with Crippen LogP contribution < -0.4 is 24.6 Å². The highest BCUT2D eigenvalue weighted by Gasteiger charge is 2.69. The molecule has 4 aliphatic rings. The van der Waals surface area contributed by atoms with Gasteiger partial charge in [0, 0.05) is 21.7 Å². The summed E-state index contributed by atoms with van der Waals surface area (Å²) >= 11 is 2.86. The number of anilines is 2. The quantitative estimate of drug-likeness (QED) is 0.269. The fourth-order valence-corrected chi connectivity index (χ4v) is 11.0. The lowest BCUT2D eigenvalue weighted by Crippen LogP contribution is -2.42. The maximum absolute atomic E-state index is 13.9. The first kappa shape index (κ1) is 28.1. The normalized spacial score (nSPS) is 27.6. The van der Waals surface area contributed by atoms with Crippen LogP contribution in [0.1, 0.15) is 22.8 Å². The van der Waals surface area contributed by atoms with Crippen LogP contribution in [0.2, 0.25) is 0 Å². The van der Waals surface area contributed by atoms with Crippen molar-refractivity contribution in [2.75, 3.05) is 23.9 Å². The molecule has 2 N–H and O–H groups in total. The van der Waals surface area contributed by atoms with Gasteiger partial charge in [-0.3, -0.25) is 24.1 Å². The van der Waals surface area contributed by atoms with Crippen molar-refractivity contribution in [1.29, 1.82) is 0 Å². The molecule has 4 unspecified atom stereocenters. The monoisotopic (exact) mass is 639 g/mol. The number of H-pyrrole nitrogens is 1. The molecule has 0 spiro atoms. The molecule has 2 aliphatic heterocycles. The third-order valence-electron chi connectivity index (χ3n) is 9.70. The van der Waals surface area contributed by atoms with Crippen molar-refractivity contribution in [2.45, 2.75) is 22.6 Å². The van der Waals surface area contributed by atoms with E-state index in [4.69, 9.17) is 9.47 Å². The number of amides is 3. The number of thioether (sulfide) groups is 1. The minimum atomic E-state index is -0.378. The highest BCUT2D eigenvalue weighted by Crippen LogP contribution is 2.68. The van der Waals surface area contributed by atoms with Crippen LogP contribution >= 0.6 is 23.1 Å². The number of aromatic amines is 1. The lowest BCUT2D eigenvalue weighted by molar-refractivity contribution is -0.123. The van der Waals surface area contributed by atoms with Crippen molar-refractivity contribution in [3.63, 3.8) is 0 Å². The van der Waals surface area contributed by atoms with E-state index in [1.54, 1.807) is 37.1 Å². The van der Waals surface area contributed by atoms with Gasteiger partial charge in [0.25, 0.3) is 5.91 Å². The van der Waals surface area contributed by atoms with E-state index in [2.05, 4.69) is 10.3 Å². The van der Waals surface area contributed by atoms with Gasteiger partial charge in [0.1, 0.15) is 0 Å². The molecule has 45 heavy (non-hydrogen) atoms. The Morgan fingerprint density at radius 2 is 1.64 bits per heavy atom. The minimum absolute atomic E-state index is 0.00150. The van der Waals surface area contributed by atoms with Crippen LogP contribution in [0, 0.1) is 29.6 Å². The Balaban J connectivity index is 1.10. The van der Waals surface area contributed by atoms with Gasteiger partial charge in [0.15, 0.2) is 18.1 Å². The molecule has 7 atom stereocenters. The van der Waals surface area contributed by atoms with Crippen molar-refractivity contribution < 1.29 is 23.9 Å². The number of carbonyl (C=O) groups excluding carboxylic acids is 3. The molecule has 1 aromatic heterocycles. The predicted octanol–water partition coefficient (Wildman–Crippen LogP) is 5.14. The molecule has 1 saturated heterocycles. The molecule has 3 aromatic carbocycles. The first-order valence-electron chi connectivity index (χ1n) is 14.9. The van der Waals surface area contributed by atoms with Gasteiger partial charge in [-0.1, -0.05) is 53.8 Å². The number of rotatable bonds is 7. The fraction of sp³-hybridized carbons (Fsp3) is 0.294. The highest BCUT2D eigenvalue weighted by molar-refractivity contribution is 8.00. The average Bonchev–Trinajstić information content (AvgIpc) is 3.79. The van der Waals surface area contributed by atoms with Crippen molar-refractivity contribution >= 4 is 52.2 Å². The number of thiazole rings is 1. The molecule has 228 valence electrons. The number of ether oxygens (including phenoxy) is 2. The van der Waals surface area contributed by atoms with Gasteiger partial charge >= 0.3 is 4.87 Å². The number of carbonyl (C=O) groups is 3. The molecule has 11 heteroatoms. The van der Waals surface area contributed by atoms with Crippen LogP contribution in [0.5, 0.6) is 11.5 Å². The van der Waals surface area contributed by atoms with Crippen LogP contribution in [-0.2, 0) is 14.4 Å². The second-order valence-corrected chi connectivity index (χ2v) is 14.1. The summed E-state index contributed by atoms with van der Waals surface area (Å²) in [6.07, 6.45) is 0.808. The Hall–Kier alpha value is -4.35. The molecule has 3 amide bonds. The van der Waals surface area contributed by atoms with Gasteiger partial charge in [-0.2, -0.15) is 0 Å². The van der Waals surface area contributed by atoms with Gasteiger partial charge < -0.3 is 19.8 Å². The standard InChI is InChI=1S/C34H29N3O6S2/c1-42-23-14-17(12-13-22(23)43-16-24(38)35-18-8-4-2-5-9-18)25-26-20-15-21(29(26)44-31-30(25)45-34(41)36-31)28-27(20)32(39)37(33(28)40)19-10-6-3-7-11-19/h2-14,20-21,25-29H,15-16H2,1H3,(H,35,38)(H,36,41)/t20-,21-,25-,26?,27?,28?,29?/m1/s1. The molecule has 2 saturated carbocycles. The summed E-state index contributed by atoms with van der Waals surface area (Å²) in [6.45, 7) is -0.195. The maximum Gasteiger partial charge on any atom is 0.305 e. The topological polar surface area (TPSA) is 118 Å². The van der Waals surface area contributed by atoms with Crippen LogP contribution in [0.3, 0.4) is 0 Å². The summed E-state index contributed by atoms with van der Waals surface area (Å²) in [6, 6.07) is 24.0. The summed E-state index contributed by atoms with van der Waals surface area (Å²) in [7, 11) is 1.55. The molecule has 2 bridgehead atoms. The largest absolute Gasteiger partial charge is 0.493 e. The van der Waals surface area contributed by atoms with Crippen LogP contribution in [-0.4, -0.2) is 41.7 Å². The third-order valence-corrected chi connectivity index (χ3v) is 12.3. The van der Waals surface area contributed by atoms with E-state index in [0.717, 1.165) is 21.9 Å². The summed E-state index contributed by atoms with van der Waals surface area (Å²) in [5.74, 6) is -0.415. The van der Waals surface area contributed by atoms with E-state index in [1.807, 2.05) is 60.7 Å². The number of para-hydroxylation sites is 2. The lowest BCUT2D eigenvalue weighted by Gasteiger charge is -2.43. The number of nitrogens with zero attached hydrogens (tertiary/aromatic N) is 1. The molecule has 9 nitrogen and oxygen atoms in total. The van der Waals surface area contributed by atoms with E-state index in [1.165, 1.54) is 16.2 Å².